The molecular weight excluding hydrogens is 362 g/mol. The first-order chi connectivity index (χ1) is 14.2. The number of ether oxygens (including phenoxy) is 1. The molecule has 2 aromatic heterocycles. The summed E-state index contributed by atoms with van der Waals surface area (Å²) in [5.41, 5.74) is 4.04. The van der Waals surface area contributed by atoms with Crippen molar-refractivity contribution in [1.82, 2.24) is 15.0 Å². The van der Waals surface area contributed by atoms with Gasteiger partial charge in [0.2, 0.25) is 5.95 Å². The second-order valence-corrected chi connectivity index (χ2v) is 6.78. The smallest absolute Gasteiger partial charge is 0.229 e. The van der Waals surface area contributed by atoms with Gasteiger partial charge in [-0.05, 0) is 55.3 Å². The molecule has 6 nitrogen and oxygen atoms in total. The van der Waals surface area contributed by atoms with Crippen molar-refractivity contribution in [3.63, 3.8) is 0 Å². The van der Waals surface area contributed by atoms with Crippen LogP contribution in [0.5, 0.6) is 5.75 Å². The molecule has 0 amide bonds. The summed E-state index contributed by atoms with van der Waals surface area (Å²) >= 11 is 0. The highest BCUT2D eigenvalue weighted by Crippen LogP contribution is 2.20. The van der Waals surface area contributed by atoms with Crippen molar-refractivity contribution in [2.24, 2.45) is 0 Å². The fourth-order valence-corrected chi connectivity index (χ4v) is 3.12. The Morgan fingerprint density at radius 1 is 0.966 bits per heavy atom. The first-order valence-corrected chi connectivity index (χ1v) is 9.54. The number of benzene rings is 2. The molecule has 0 atom stereocenters. The van der Waals surface area contributed by atoms with Crippen molar-refractivity contribution in [3.8, 4) is 5.75 Å². The van der Waals surface area contributed by atoms with E-state index in [4.69, 9.17) is 4.74 Å². The third-order valence-corrected chi connectivity index (χ3v) is 4.59. The molecule has 0 bridgehead atoms. The summed E-state index contributed by atoms with van der Waals surface area (Å²) in [5, 5.41) is 7.75. The summed E-state index contributed by atoms with van der Waals surface area (Å²) in [6, 6.07) is 20.0. The number of aryl methyl sites for hydroxylation is 1. The van der Waals surface area contributed by atoms with Crippen LogP contribution in [0.15, 0.2) is 66.9 Å². The first kappa shape index (κ1) is 18.7. The lowest BCUT2D eigenvalue weighted by atomic mass is 10.1. The number of rotatable bonds is 7. The predicted octanol–water partition coefficient (Wildman–Crippen LogP) is 4.74. The topological polar surface area (TPSA) is 72.0 Å². The zero-order chi connectivity index (χ0) is 20.1. The van der Waals surface area contributed by atoms with E-state index in [0.717, 1.165) is 46.8 Å². The van der Waals surface area contributed by atoms with Crippen LogP contribution in [-0.2, 0) is 6.42 Å². The van der Waals surface area contributed by atoms with Gasteiger partial charge in [0, 0.05) is 35.6 Å². The molecule has 0 radical (unpaired) electrons. The molecule has 0 aliphatic heterocycles. The Bertz CT molecular complexity index is 1110. The molecule has 0 saturated heterocycles. The molecule has 6 heteroatoms. The fourth-order valence-electron chi connectivity index (χ4n) is 3.12. The Morgan fingerprint density at radius 3 is 2.66 bits per heavy atom. The van der Waals surface area contributed by atoms with E-state index < -0.39 is 0 Å². The Balaban J connectivity index is 1.42. The number of nitrogens with one attached hydrogen (secondary N) is 2. The van der Waals surface area contributed by atoms with Gasteiger partial charge in [-0.15, -0.1) is 0 Å². The van der Waals surface area contributed by atoms with Gasteiger partial charge < -0.3 is 15.4 Å². The molecule has 29 heavy (non-hydrogen) atoms. The number of nitrogens with zero attached hydrogens (tertiary/aromatic N) is 3. The number of hydrogen-bond donors (Lipinski definition) is 2. The van der Waals surface area contributed by atoms with E-state index in [1.54, 1.807) is 13.3 Å². The van der Waals surface area contributed by atoms with Gasteiger partial charge in [0.1, 0.15) is 11.6 Å². The molecule has 0 fully saturated rings. The van der Waals surface area contributed by atoms with E-state index in [9.17, 15) is 0 Å². The molecule has 0 spiro atoms. The second-order valence-electron chi connectivity index (χ2n) is 6.78. The number of aromatic nitrogens is 3. The monoisotopic (exact) mass is 385 g/mol. The maximum atomic E-state index is 5.20. The van der Waals surface area contributed by atoms with Crippen LogP contribution < -0.4 is 15.4 Å². The maximum Gasteiger partial charge on any atom is 0.229 e. The minimum Gasteiger partial charge on any atom is -0.497 e. The molecule has 2 aromatic carbocycles. The molecule has 0 aliphatic rings. The molecule has 0 saturated carbocycles. The maximum absolute atomic E-state index is 5.20. The van der Waals surface area contributed by atoms with Gasteiger partial charge in [0.25, 0.3) is 0 Å². The molecular formula is C23H23N5O. The Labute approximate surface area is 170 Å². The first-order valence-electron chi connectivity index (χ1n) is 9.54. The predicted molar refractivity (Wildman–Crippen MR) is 117 cm³/mol. The number of pyridine rings is 1. The van der Waals surface area contributed by atoms with Gasteiger partial charge in [0.05, 0.1) is 12.6 Å². The third kappa shape index (κ3) is 4.79. The SMILES string of the molecule is COc1ccc(CCNc2cc(C)nc(Nc3ccc4ncccc4c3)n2)cc1. The minimum atomic E-state index is 0.570. The standard InChI is InChI=1S/C23H23N5O/c1-16-14-22(25-13-11-17-5-8-20(29-2)9-6-17)28-23(26-16)27-19-7-10-21-18(15-19)4-3-12-24-21/h3-10,12,14-15H,11,13H2,1-2H3,(H2,25,26,27,28). The van der Waals surface area contributed by atoms with Gasteiger partial charge in [-0.25, -0.2) is 4.98 Å². The van der Waals surface area contributed by atoms with E-state index >= 15 is 0 Å². The highest BCUT2D eigenvalue weighted by molar-refractivity contribution is 5.82. The van der Waals surface area contributed by atoms with Gasteiger partial charge in [-0.3, -0.25) is 4.98 Å². The Hall–Kier alpha value is -3.67. The lowest BCUT2D eigenvalue weighted by molar-refractivity contribution is 0.414. The summed E-state index contributed by atoms with van der Waals surface area (Å²) in [6.07, 6.45) is 2.69. The zero-order valence-electron chi connectivity index (χ0n) is 16.5. The van der Waals surface area contributed by atoms with E-state index in [0.29, 0.717) is 5.95 Å². The second kappa shape index (κ2) is 8.56. The van der Waals surface area contributed by atoms with Crippen molar-refractivity contribution < 1.29 is 4.74 Å². The summed E-state index contributed by atoms with van der Waals surface area (Å²) in [7, 11) is 1.68. The molecule has 4 aromatic rings. The van der Waals surface area contributed by atoms with Crippen LogP contribution in [0.2, 0.25) is 0 Å². The number of methoxy groups -OCH3 is 1. The average Bonchev–Trinajstić information content (AvgIpc) is 2.74. The molecule has 0 unspecified atom stereocenters. The third-order valence-electron chi connectivity index (χ3n) is 4.59. The Kier molecular flexibility index (Phi) is 5.52. The summed E-state index contributed by atoms with van der Waals surface area (Å²) in [5.74, 6) is 2.24. The Morgan fingerprint density at radius 2 is 1.83 bits per heavy atom. The van der Waals surface area contributed by atoms with Crippen molar-refractivity contribution in [3.05, 3.63) is 78.1 Å². The van der Waals surface area contributed by atoms with Gasteiger partial charge in [-0.2, -0.15) is 4.98 Å². The van der Waals surface area contributed by atoms with E-state index in [-0.39, 0.29) is 0 Å². The zero-order valence-corrected chi connectivity index (χ0v) is 16.5. The molecule has 4 rings (SSSR count). The van der Waals surface area contributed by atoms with Gasteiger partial charge in [0.15, 0.2) is 0 Å². The van der Waals surface area contributed by atoms with Crippen molar-refractivity contribution >= 4 is 28.4 Å². The van der Waals surface area contributed by atoms with Crippen molar-refractivity contribution in [2.45, 2.75) is 13.3 Å². The van der Waals surface area contributed by atoms with Crippen LogP contribution in [0.1, 0.15) is 11.3 Å². The van der Waals surface area contributed by atoms with Crippen molar-refractivity contribution in [2.75, 3.05) is 24.3 Å². The lowest BCUT2D eigenvalue weighted by Gasteiger charge is -2.11. The summed E-state index contributed by atoms with van der Waals surface area (Å²) in [4.78, 5) is 13.5. The highest BCUT2D eigenvalue weighted by atomic mass is 16.5. The normalized spacial score (nSPS) is 10.7. The average molecular weight is 385 g/mol. The molecule has 2 N–H and O–H groups in total. The largest absolute Gasteiger partial charge is 0.497 e. The van der Waals surface area contributed by atoms with E-state index in [1.165, 1.54) is 5.56 Å². The summed E-state index contributed by atoms with van der Waals surface area (Å²) in [6.45, 7) is 2.75. The summed E-state index contributed by atoms with van der Waals surface area (Å²) < 4.78 is 5.20. The van der Waals surface area contributed by atoms with E-state index in [1.807, 2.05) is 55.5 Å². The number of hydrogen-bond acceptors (Lipinski definition) is 6. The van der Waals surface area contributed by atoms with Crippen molar-refractivity contribution in [1.29, 1.82) is 0 Å². The molecule has 146 valence electrons. The number of anilines is 3. The number of fused-ring (bicyclic) bond motifs is 1. The van der Waals surface area contributed by atoms with Crippen LogP contribution in [0, 0.1) is 6.92 Å². The van der Waals surface area contributed by atoms with Crippen LogP contribution in [0.25, 0.3) is 10.9 Å². The van der Waals surface area contributed by atoms with Crippen LogP contribution in [0.3, 0.4) is 0 Å². The van der Waals surface area contributed by atoms with Crippen LogP contribution in [0.4, 0.5) is 17.5 Å². The molecule has 2 heterocycles. The lowest BCUT2D eigenvalue weighted by Crippen LogP contribution is -2.08. The highest BCUT2D eigenvalue weighted by Gasteiger charge is 2.04. The van der Waals surface area contributed by atoms with E-state index in [2.05, 4.69) is 37.7 Å². The fraction of sp³-hybridized carbons (Fsp3) is 0.174. The van der Waals surface area contributed by atoms with Crippen LogP contribution in [-0.4, -0.2) is 28.6 Å². The van der Waals surface area contributed by atoms with Gasteiger partial charge in [-0.1, -0.05) is 18.2 Å². The van der Waals surface area contributed by atoms with Gasteiger partial charge >= 0.3 is 0 Å². The van der Waals surface area contributed by atoms with Crippen LogP contribution >= 0.6 is 0 Å². The minimum absolute atomic E-state index is 0.570. The quantitative estimate of drug-likeness (QED) is 0.479. The molecule has 0 aliphatic carbocycles.